The van der Waals surface area contributed by atoms with Gasteiger partial charge in [0.25, 0.3) is 0 Å². The van der Waals surface area contributed by atoms with Crippen molar-refractivity contribution in [1.82, 2.24) is 0 Å². The van der Waals surface area contributed by atoms with Crippen LogP contribution in [0.2, 0.25) is 0 Å². The average Bonchev–Trinajstić information content (AvgIpc) is 3.55. The van der Waals surface area contributed by atoms with E-state index in [1.54, 1.807) is 0 Å². The molecule has 0 nitrogen and oxygen atoms in total. The molecular weight excluding hydrogens is 1010 g/mol. The Labute approximate surface area is 528 Å². The molecule has 0 bridgehead atoms. The summed E-state index contributed by atoms with van der Waals surface area (Å²) in [5, 5.41) is 0. The van der Waals surface area contributed by atoms with E-state index in [9.17, 15) is 0 Å². The highest BCUT2D eigenvalue weighted by atomic mass is 14.1. The second-order valence-corrected chi connectivity index (χ2v) is 21.2. The molecule has 0 aliphatic rings. The van der Waals surface area contributed by atoms with E-state index < -0.39 is 0 Å². The summed E-state index contributed by atoms with van der Waals surface area (Å²) in [6.45, 7) is 76.0. The zero-order valence-electron chi connectivity index (χ0n) is 61.8. The minimum absolute atomic E-state index is 0.652. The van der Waals surface area contributed by atoms with Gasteiger partial charge in [-0.25, -0.2) is 0 Å². The zero-order valence-corrected chi connectivity index (χ0v) is 61.8. The summed E-state index contributed by atoms with van der Waals surface area (Å²) in [5.74, 6) is 4.11. The predicted octanol–water partition coefficient (Wildman–Crippen LogP) is 29.3. The molecule has 6 aromatic carbocycles. The van der Waals surface area contributed by atoms with Crippen molar-refractivity contribution in [2.75, 3.05) is 0 Å². The Kier molecular flexibility index (Phi) is 62.3. The van der Waals surface area contributed by atoms with Crippen LogP contribution in [0.3, 0.4) is 0 Å². The van der Waals surface area contributed by atoms with E-state index >= 15 is 0 Å². The number of allylic oxidation sites excluding steroid dienone is 2. The lowest BCUT2D eigenvalue weighted by atomic mass is 9.95. The van der Waals surface area contributed by atoms with Crippen LogP contribution < -0.4 is 0 Å². The van der Waals surface area contributed by atoms with E-state index in [1.807, 2.05) is 83.1 Å². The van der Waals surface area contributed by atoms with Crippen molar-refractivity contribution in [1.29, 1.82) is 0 Å². The van der Waals surface area contributed by atoms with Gasteiger partial charge in [0.15, 0.2) is 0 Å². The third-order valence-electron chi connectivity index (χ3n) is 15.0. The summed E-state index contributed by atoms with van der Waals surface area (Å²) in [6.07, 6.45) is 7.29. The zero-order chi connectivity index (χ0) is 66.5. The van der Waals surface area contributed by atoms with Crippen molar-refractivity contribution in [3.8, 4) is 0 Å². The Morgan fingerprint density at radius 1 is 0.274 bits per heavy atom. The van der Waals surface area contributed by atoms with Crippen LogP contribution in [0.1, 0.15) is 332 Å². The van der Waals surface area contributed by atoms with Crippen LogP contribution in [0.25, 0.3) is 11.1 Å². The Balaban J connectivity index is -0.000000209. The number of hydrogen-bond donors (Lipinski definition) is 0. The number of aryl methyl sites for hydroxylation is 6. The summed E-state index contributed by atoms with van der Waals surface area (Å²) in [4.78, 5) is 0. The maximum absolute atomic E-state index is 3.95. The lowest BCUT2D eigenvalue weighted by Crippen LogP contribution is -1.92. The second kappa shape index (κ2) is 58.2. The van der Waals surface area contributed by atoms with Crippen LogP contribution >= 0.6 is 0 Å². The molecular formula is C84H140. The maximum atomic E-state index is 3.95. The van der Waals surface area contributed by atoms with Gasteiger partial charge in [-0.05, 0) is 196 Å². The monoisotopic (exact) mass is 1150 g/mol. The lowest BCUT2D eigenvalue weighted by molar-refractivity contribution is 0.732. The van der Waals surface area contributed by atoms with Crippen molar-refractivity contribution in [3.05, 3.63) is 225 Å². The van der Waals surface area contributed by atoms with E-state index in [0.29, 0.717) is 35.5 Å². The molecule has 6 atom stereocenters. The van der Waals surface area contributed by atoms with Crippen LogP contribution in [0.5, 0.6) is 0 Å². The van der Waals surface area contributed by atoms with E-state index in [2.05, 4.69) is 285 Å². The predicted molar refractivity (Wildman–Crippen MR) is 397 cm³/mol. The SMILES string of the molecule is C=C(C)c1cccc(C(C)CC)c1.C=C(C)c1cccc(C(C)CC)c1.CC.CC.CC.CC.CC.CC.CCC(C)c1ccc(C)c(C)c1.CCC(C)c1ccc(C)c(C)c1.CCC(C)c1ccc(C)cc1.CCC(C)c1cccc(C)c1. The Morgan fingerprint density at radius 3 is 0.762 bits per heavy atom. The molecule has 6 aromatic rings. The Hall–Kier alpha value is -5.20. The summed E-state index contributed by atoms with van der Waals surface area (Å²) >= 11 is 0. The molecule has 6 unspecified atom stereocenters. The molecule has 0 fully saturated rings. The first kappa shape index (κ1) is 90.0. The van der Waals surface area contributed by atoms with Gasteiger partial charge in [-0.15, -0.1) is 0 Å². The molecule has 6 rings (SSSR count). The minimum atomic E-state index is 0.652. The minimum Gasteiger partial charge on any atom is -0.0955 e. The van der Waals surface area contributed by atoms with E-state index in [-0.39, 0.29) is 0 Å². The Morgan fingerprint density at radius 2 is 0.512 bits per heavy atom. The molecule has 476 valence electrons. The first-order chi connectivity index (χ1) is 40.1. The average molecular weight is 1150 g/mol. The largest absolute Gasteiger partial charge is 0.0955 e. The van der Waals surface area contributed by atoms with Gasteiger partial charge in [-0.1, -0.05) is 335 Å². The lowest BCUT2D eigenvalue weighted by Gasteiger charge is -2.10. The number of rotatable bonds is 14. The van der Waals surface area contributed by atoms with Crippen molar-refractivity contribution in [2.24, 2.45) is 0 Å². The fourth-order valence-corrected chi connectivity index (χ4v) is 7.65. The van der Waals surface area contributed by atoms with Gasteiger partial charge in [0.05, 0.1) is 0 Å². The molecule has 0 radical (unpaired) electrons. The van der Waals surface area contributed by atoms with Gasteiger partial charge in [0.1, 0.15) is 0 Å². The third kappa shape index (κ3) is 40.2. The molecule has 0 saturated carbocycles. The molecule has 0 aliphatic heterocycles. The van der Waals surface area contributed by atoms with Crippen LogP contribution in [0, 0.1) is 41.5 Å². The van der Waals surface area contributed by atoms with Crippen LogP contribution in [-0.4, -0.2) is 0 Å². The van der Waals surface area contributed by atoms with Crippen LogP contribution in [-0.2, 0) is 0 Å². The van der Waals surface area contributed by atoms with Gasteiger partial charge in [-0.3, -0.25) is 0 Å². The summed E-state index contributed by atoms with van der Waals surface area (Å²) in [5.41, 5.74) is 21.8. The number of hydrogen-bond acceptors (Lipinski definition) is 0. The van der Waals surface area contributed by atoms with Gasteiger partial charge in [0, 0.05) is 0 Å². The summed E-state index contributed by atoms with van der Waals surface area (Å²) in [6, 6.07) is 48.5. The molecule has 0 aromatic heterocycles. The van der Waals surface area contributed by atoms with Gasteiger partial charge in [-0.2, -0.15) is 0 Å². The molecule has 0 N–H and O–H groups in total. The molecule has 0 saturated heterocycles. The number of benzene rings is 6. The normalized spacial score (nSPS) is 11.4. The summed E-state index contributed by atoms with van der Waals surface area (Å²) < 4.78 is 0. The van der Waals surface area contributed by atoms with E-state index in [4.69, 9.17) is 0 Å². The third-order valence-corrected chi connectivity index (χ3v) is 15.0. The molecule has 84 heavy (non-hydrogen) atoms. The molecule has 0 heteroatoms. The van der Waals surface area contributed by atoms with Crippen LogP contribution in [0.4, 0.5) is 0 Å². The van der Waals surface area contributed by atoms with Gasteiger partial charge < -0.3 is 0 Å². The van der Waals surface area contributed by atoms with Crippen molar-refractivity contribution in [2.45, 2.75) is 296 Å². The summed E-state index contributed by atoms with van der Waals surface area (Å²) in [7, 11) is 0. The van der Waals surface area contributed by atoms with Crippen molar-refractivity contribution < 1.29 is 0 Å². The fraction of sp³-hybridized carbons (Fsp3) is 0.524. The highest BCUT2D eigenvalue weighted by Gasteiger charge is 2.07. The van der Waals surface area contributed by atoms with Crippen LogP contribution in [0.15, 0.2) is 147 Å². The van der Waals surface area contributed by atoms with Gasteiger partial charge in [0.2, 0.25) is 0 Å². The van der Waals surface area contributed by atoms with Crippen molar-refractivity contribution >= 4 is 11.1 Å². The molecule has 0 amide bonds. The second-order valence-electron chi connectivity index (χ2n) is 21.2. The smallest absolute Gasteiger partial charge is 0.0193 e. The quantitative estimate of drug-likeness (QED) is 0.102. The van der Waals surface area contributed by atoms with E-state index in [1.165, 1.54) is 116 Å². The van der Waals surface area contributed by atoms with E-state index in [0.717, 1.165) is 11.1 Å². The highest BCUT2D eigenvalue weighted by Crippen LogP contribution is 2.25. The first-order valence-corrected chi connectivity index (χ1v) is 33.9. The first-order valence-electron chi connectivity index (χ1n) is 33.9. The topological polar surface area (TPSA) is 0 Å². The molecule has 0 heterocycles. The molecule has 0 aliphatic carbocycles. The van der Waals surface area contributed by atoms with Gasteiger partial charge >= 0.3 is 0 Å². The highest BCUT2D eigenvalue weighted by molar-refractivity contribution is 5.62. The maximum Gasteiger partial charge on any atom is -0.0193 e. The molecule has 0 spiro atoms. The standard InChI is InChI=1S/2C13H18.2C12H18.2C11H16.6C2H6/c2*1-5-11(4)13-8-6-7-12(9-13)10(2)3;2*1-5-9(2)12-7-6-10(3)11(4)8-12;1-4-10(3)11-7-5-9(2)6-8-11;1-4-10(3)11-7-5-6-9(2)8-11;6*1-2/h2*6-9,11H,2,5H2,1,3-4H3;2*6-9H,5H2,1-4H3;2*5-8,10H,4H2,1-3H3;6*1-2H3. The van der Waals surface area contributed by atoms with Crippen molar-refractivity contribution in [3.63, 3.8) is 0 Å². The Bertz CT molecular complexity index is 2320. The fourth-order valence-electron chi connectivity index (χ4n) is 7.65.